The summed E-state index contributed by atoms with van der Waals surface area (Å²) >= 11 is 5.66. The van der Waals surface area contributed by atoms with Crippen LogP contribution in [0.2, 0.25) is 5.02 Å². The van der Waals surface area contributed by atoms with Crippen molar-refractivity contribution in [3.63, 3.8) is 0 Å². The Bertz CT molecular complexity index is 338. The summed E-state index contributed by atoms with van der Waals surface area (Å²) in [6.45, 7) is 6.20. The summed E-state index contributed by atoms with van der Waals surface area (Å²) in [5.74, 6) is -0.263. The van der Waals surface area contributed by atoms with Gasteiger partial charge < -0.3 is 5.32 Å². The molecular weight excluding hydrogens is 213 g/mol. The van der Waals surface area contributed by atoms with Gasteiger partial charge in [0.1, 0.15) is 5.82 Å². The first-order chi connectivity index (χ1) is 7.13. The van der Waals surface area contributed by atoms with Crippen LogP contribution in [-0.4, -0.2) is 6.04 Å². The van der Waals surface area contributed by atoms with Crippen LogP contribution >= 0.6 is 11.6 Å². The molecule has 3 heteroatoms. The van der Waals surface area contributed by atoms with Crippen LogP contribution in [-0.2, 0) is 6.54 Å². The highest BCUT2D eigenvalue weighted by Gasteiger charge is 2.04. The van der Waals surface area contributed by atoms with Gasteiger partial charge in [0.05, 0.1) is 0 Å². The first-order valence-electron chi connectivity index (χ1n) is 4.91. The third-order valence-corrected chi connectivity index (χ3v) is 2.41. The van der Waals surface area contributed by atoms with E-state index in [1.54, 1.807) is 12.1 Å². The Labute approximate surface area is 95.0 Å². The maximum absolute atomic E-state index is 13.3. The molecule has 0 fully saturated rings. The number of nitrogens with one attached hydrogen (secondary N) is 1. The van der Waals surface area contributed by atoms with Crippen molar-refractivity contribution in [2.24, 2.45) is 0 Å². The maximum Gasteiger partial charge on any atom is 0.129 e. The van der Waals surface area contributed by atoms with E-state index in [9.17, 15) is 4.39 Å². The lowest BCUT2D eigenvalue weighted by atomic mass is 10.2. The molecule has 0 saturated carbocycles. The molecule has 0 saturated heterocycles. The molecule has 0 spiro atoms. The fourth-order valence-corrected chi connectivity index (χ4v) is 1.44. The third-order valence-electron chi connectivity index (χ3n) is 2.18. The highest BCUT2D eigenvalue weighted by Crippen LogP contribution is 2.14. The summed E-state index contributed by atoms with van der Waals surface area (Å²) < 4.78 is 13.3. The van der Waals surface area contributed by atoms with E-state index in [-0.39, 0.29) is 5.82 Å². The fraction of sp³-hybridized carbons (Fsp3) is 0.333. The number of hydrogen-bond donors (Lipinski definition) is 1. The first-order valence-corrected chi connectivity index (χ1v) is 5.29. The Morgan fingerprint density at radius 1 is 1.60 bits per heavy atom. The fourth-order valence-electron chi connectivity index (χ4n) is 1.28. The van der Waals surface area contributed by atoms with Crippen LogP contribution < -0.4 is 5.32 Å². The van der Waals surface area contributed by atoms with E-state index >= 15 is 0 Å². The summed E-state index contributed by atoms with van der Waals surface area (Å²) in [6, 6.07) is 5.03. The zero-order valence-corrected chi connectivity index (χ0v) is 9.52. The quantitative estimate of drug-likeness (QED) is 0.759. The number of hydrogen-bond acceptors (Lipinski definition) is 1. The second kappa shape index (κ2) is 5.89. The number of rotatable bonds is 5. The Morgan fingerprint density at radius 2 is 2.33 bits per heavy atom. The van der Waals surface area contributed by atoms with Crippen LogP contribution in [0.5, 0.6) is 0 Å². The minimum absolute atomic E-state index is 0.263. The van der Waals surface area contributed by atoms with Crippen LogP contribution in [0.25, 0.3) is 0 Å². The van der Waals surface area contributed by atoms with Crippen molar-refractivity contribution in [2.75, 3.05) is 0 Å². The molecule has 0 aliphatic rings. The van der Waals surface area contributed by atoms with E-state index in [0.717, 1.165) is 6.42 Å². The summed E-state index contributed by atoms with van der Waals surface area (Å²) in [5.41, 5.74) is 0.635. The van der Waals surface area contributed by atoms with E-state index in [1.165, 1.54) is 6.07 Å². The van der Waals surface area contributed by atoms with E-state index in [0.29, 0.717) is 23.2 Å². The summed E-state index contributed by atoms with van der Waals surface area (Å²) in [6.07, 6.45) is 2.71. The predicted molar refractivity (Wildman–Crippen MR) is 62.5 cm³/mol. The minimum atomic E-state index is -0.263. The molecule has 0 bridgehead atoms. The summed E-state index contributed by atoms with van der Waals surface area (Å²) in [7, 11) is 0. The van der Waals surface area contributed by atoms with Crippen LogP contribution in [0.15, 0.2) is 30.9 Å². The van der Waals surface area contributed by atoms with Crippen molar-refractivity contribution in [3.8, 4) is 0 Å². The molecule has 1 N–H and O–H groups in total. The van der Waals surface area contributed by atoms with Gasteiger partial charge in [-0.05, 0) is 25.5 Å². The molecule has 1 atom stereocenters. The topological polar surface area (TPSA) is 12.0 Å². The van der Waals surface area contributed by atoms with Gasteiger partial charge in [-0.3, -0.25) is 0 Å². The monoisotopic (exact) mass is 227 g/mol. The van der Waals surface area contributed by atoms with Gasteiger partial charge in [0.2, 0.25) is 0 Å². The van der Waals surface area contributed by atoms with Crippen LogP contribution in [0, 0.1) is 5.82 Å². The average Bonchev–Trinajstić information content (AvgIpc) is 2.17. The highest BCUT2D eigenvalue weighted by molar-refractivity contribution is 6.30. The van der Waals surface area contributed by atoms with Crippen LogP contribution in [0.1, 0.15) is 18.9 Å². The second-order valence-corrected chi connectivity index (χ2v) is 3.98. The molecular formula is C12H15ClFN. The van der Waals surface area contributed by atoms with Gasteiger partial charge in [-0.2, -0.15) is 0 Å². The van der Waals surface area contributed by atoms with E-state index in [2.05, 4.69) is 11.9 Å². The van der Waals surface area contributed by atoms with Crippen molar-refractivity contribution in [1.82, 2.24) is 5.32 Å². The van der Waals surface area contributed by atoms with E-state index < -0.39 is 0 Å². The summed E-state index contributed by atoms with van der Waals surface area (Å²) in [4.78, 5) is 0. The Hall–Kier alpha value is -0.860. The van der Waals surface area contributed by atoms with Gasteiger partial charge in [-0.25, -0.2) is 4.39 Å². The molecule has 0 amide bonds. The van der Waals surface area contributed by atoms with Crippen molar-refractivity contribution in [2.45, 2.75) is 25.9 Å². The smallest absolute Gasteiger partial charge is 0.129 e. The van der Waals surface area contributed by atoms with Crippen molar-refractivity contribution < 1.29 is 4.39 Å². The molecule has 1 nitrogen and oxygen atoms in total. The standard InChI is InChI=1S/C12H15ClFN/c1-3-4-9(2)15-8-10-5-6-11(13)7-12(10)14/h3,5-7,9,15H,1,4,8H2,2H3. The molecule has 1 unspecified atom stereocenters. The molecule has 1 aromatic carbocycles. The molecule has 0 aromatic heterocycles. The zero-order valence-electron chi connectivity index (χ0n) is 8.76. The minimum Gasteiger partial charge on any atom is -0.310 e. The predicted octanol–water partition coefficient (Wildman–Crippen LogP) is 3.53. The van der Waals surface area contributed by atoms with Gasteiger partial charge in [0, 0.05) is 23.2 Å². The molecule has 0 aliphatic carbocycles. The molecule has 0 heterocycles. The van der Waals surface area contributed by atoms with Gasteiger partial charge in [-0.15, -0.1) is 6.58 Å². The molecule has 15 heavy (non-hydrogen) atoms. The van der Waals surface area contributed by atoms with Crippen LogP contribution in [0.3, 0.4) is 0 Å². The third kappa shape index (κ3) is 4.02. The van der Waals surface area contributed by atoms with E-state index in [1.807, 2.05) is 13.0 Å². The van der Waals surface area contributed by atoms with Gasteiger partial charge in [-0.1, -0.05) is 23.7 Å². The number of halogens is 2. The summed E-state index contributed by atoms with van der Waals surface area (Å²) in [5, 5.41) is 3.63. The zero-order chi connectivity index (χ0) is 11.3. The molecule has 0 radical (unpaired) electrons. The lowest BCUT2D eigenvalue weighted by Gasteiger charge is -2.11. The van der Waals surface area contributed by atoms with Crippen molar-refractivity contribution >= 4 is 11.6 Å². The van der Waals surface area contributed by atoms with Crippen molar-refractivity contribution in [3.05, 3.63) is 47.3 Å². The molecule has 0 aliphatic heterocycles. The molecule has 82 valence electrons. The lowest BCUT2D eigenvalue weighted by molar-refractivity contribution is 0.531. The largest absolute Gasteiger partial charge is 0.310 e. The van der Waals surface area contributed by atoms with Gasteiger partial charge >= 0.3 is 0 Å². The maximum atomic E-state index is 13.3. The van der Waals surface area contributed by atoms with Gasteiger partial charge in [0.15, 0.2) is 0 Å². The van der Waals surface area contributed by atoms with Gasteiger partial charge in [0.25, 0.3) is 0 Å². The highest BCUT2D eigenvalue weighted by atomic mass is 35.5. The lowest BCUT2D eigenvalue weighted by Crippen LogP contribution is -2.25. The second-order valence-electron chi connectivity index (χ2n) is 3.54. The Balaban J connectivity index is 2.54. The average molecular weight is 228 g/mol. The first kappa shape index (κ1) is 12.2. The molecule has 1 aromatic rings. The number of benzene rings is 1. The van der Waals surface area contributed by atoms with E-state index in [4.69, 9.17) is 11.6 Å². The molecule has 1 rings (SSSR count). The normalized spacial score (nSPS) is 12.5. The Morgan fingerprint density at radius 3 is 2.93 bits per heavy atom. The SMILES string of the molecule is C=CCC(C)NCc1ccc(Cl)cc1F. The van der Waals surface area contributed by atoms with Crippen molar-refractivity contribution in [1.29, 1.82) is 0 Å². The van der Waals surface area contributed by atoms with Crippen LogP contribution in [0.4, 0.5) is 4.39 Å². The Kier molecular flexibility index (Phi) is 4.79.